The Bertz CT molecular complexity index is 154. The molecule has 0 nitrogen and oxygen atoms in total. The van der Waals surface area contributed by atoms with Gasteiger partial charge < -0.3 is 0 Å². The minimum absolute atomic E-state index is 0.747. The molecule has 64 valence electrons. The zero-order chi connectivity index (χ0) is 8.06. The van der Waals surface area contributed by atoms with Crippen LogP contribution in [-0.4, -0.2) is 4.83 Å². The van der Waals surface area contributed by atoms with Crippen LogP contribution in [0.15, 0.2) is 0 Å². The van der Waals surface area contributed by atoms with Gasteiger partial charge in [-0.2, -0.15) is 0 Å². The topological polar surface area (TPSA) is 0 Å². The summed E-state index contributed by atoms with van der Waals surface area (Å²) in [4.78, 5) is 0.861. The van der Waals surface area contributed by atoms with Crippen molar-refractivity contribution in [2.24, 2.45) is 17.3 Å². The molecule has 3 atom stereocenters. The third-order valence-electron chi connectivity index (χ3n) is 3.40. The Balaban J connectivity index is 2.03. The van der Waals surface area contributed by atoms with Crippen molar-refractivity contribution in [2.45, 2.75) is 44.4 Å². The quantitative estimate of drug-likeness (QED) is 0.544. The smallest absolute Gasteiger partial charge is 0.0208 e. The van der Waals surface area contributed by atoms with E-state index in [4.69, 9.17) is 0 Å². The Labute approximate surface area is 77.9 Å². The molecule has 0 N–H and O–H groups in total. The van der Waals surface area contributed by atoms with Gasteiger partial charge in [-0.25, -0.2) is 0 Å². The molecule has 1 heteroatoms. The van der Waals surface area contributed by atoms with Crippen molar-refractivity contribution in [3.05, 3.63) is 0 Å². The third-order valence-corrected chi connectivity index (χ3v) is 4.70. The monoisotopic (exact) mass is 216 g/mol. The van der Waals surface area contributed by atoms with Gasteiger partial charge >= 0.3 is 0 Å². The predicted octanol–water partition coefficient (Wildman–Crippen LogP) is 3.60. The van der Waals surface area contributed by atoms with Crippen LogP contribution in [0.3, 0.4) is 0 Å². The molecule has 3 unspecified atom stereocenters. The molecule has 0 heterocycles. The molecule has 1 spiro atoms. The van der Waals surface area contributed by atoms with Gasteiger partial charge in [0.1, 0.15) is 0 Å². The van der Waals surface area contributed by atoms with Crippen molar-refractivity contribution in [1.29, 1.82) is 0 Å². The minimum atomic E-state index is 0.747. The molecule has 2 aliphatic carbocycles. The van der Waals surface area contributed by atoms with Gasteiger partial charge in [0.15, 0.2) is 0 Å². The first-order chi connectivity index (χ1) is 5.12. The maximum atomic E-state index is 3.76. The van der Waals surface area contributed by atoms with Gasteiger partial charge in [0.05, 0.1) is 0 Å². The van der Waals surface area contributed by atoms with Crippen LogP contribution >= 0.6 is 15.9 Å². The van der Waals surface area contributed by atoms with Crippen LogP contribution < -0.4 is 0 Å². The minimum Gasteiger partial charge on any atom is -0.0884 e. The van der Waals surface area contributed by atoms with Crippen LogP contribution in [0.1, 0.15) is 39.5 Å². The van der Waals surface area contributed by atoms with Crippen molar-refractivity contribution < 1.29 is 0 Å². The first-order valence-electron chi connectivity index (χ1n) is 4.76. The second kappa shape index (κ2) is 2.48. The van der Waals surface area contributed by atoms with Crippen molar-refractivity contribution in [3.63, 3.8) is 0 Å². The van der Waals surface area contributed by atoms with Crippen LogP contribution in [-0.2, 0) is 0 Å². The van der Waals surface area contributed by atoms with Gasteiger partial charge in [-0.15, -0.1) is 0 Å². The molecule has 2 aliphatic rings. The fourth-order valence-electron chi connectivity index (χ4n) is 3.05. The van der Waals surface area contributed by atoms with Crippen molar-refractivity contribution in [2.75, 3.05) is 0 Å². The summed E-state index contributed by atoms with van der Waals surface area (Å²) in [5.41, 5.74) is 0.747. The van der Waals surface area contributed by atoms with Crippen LogP contribution in [0.5, 0.6) is 0 Å². The third kappa shape index (κ3) is 1.37. The summed E-state index contributed by atoms with van der Waals surface area (Å²) in [5, 5.41) is 0. The lowest BCUT2D eigenvalue weighted by Crippen LogP contribution is -2.22. The Kier molecular flexibility index (Phi) is 1.83. The van der Waals surface area contributed by atoms with E-state index in [-0.39, 0.29) is 0 Å². The van der Waals surface area contributed by atoms with E-state index in [0.29, 0.717) is 0 Å². The zero-order valence-corrected chi connectivity index (χ0v) is 9.02. The maximum Gasteiger partial charge on any atom is 0.0208 e. The Morgan fingerprint density at radius 3 is 1.91 bits per heavy atom. The molecule has 0 aromatic heterocycles. The second-order valence-electron chi connectivity index (χ2n) is 4.89. The highest BCUT2D eigenvalue weighted by molar-refractivity contribution is 9.09. The Morgan fingerprint density at radius 1 is 1.09 bits per heavy atom. The molecule has 0 aromatic rings. The molecule has 2 rings (SSSR count). The molecule has 11 heavy (non-hydrogen) atoms. The van der Waals surface area contributed by atoms with E-state index in [1.54, 1.807) is 0 Å². The van der Waals surface area contributed by atoms with Gasteiger partial charge in [0.2, 0.25) is 0 Å². The molecule has 0 aromatic carbocycles. The van der Waals surface area contributed by atoms with E-state index in [1.807, 2.05) is 0 Å². The van der Waals surface area contributed by atoms with Crippen molar-refractivity contribution >= 4 is 15.9 Å². The first kappa shape index (κ1) is 8.10. The molecule has 0 bridgehead atoms. The zero-order valence-electron chi connectivity index (χ0n) is 7.44. The number of alkyl halides is 1. The summed E-state index contributed by atoms with van der Waals surface area (Å²) in [6.07, 6.45) is 5.86. The molecule has 0 saturated heterocycles. The normalized spacial score (nSPS) is 56.5. The van der Waals surface area contributed by atoms with E-state index in [2.05, 4.69) is 29.8 Å². The summed E-state index contributed by atoms with van der Waals surface area (Å²) in [6, 6.07) is 0. The number of halogens is 1. The SMILES string of the molecule is CC1CC(C)CC2(C1)CC2Br. The second-order valence-corrected chi connectivity index (χ2v) is 5.99. The molecular formula is C10H17Br. The number of rotatable bonds is 0. The van der Waals surface area contributed by atoms with E-state index in [9.17, 15) is 0 Å². The van der Waals surface area contributed by atoms with E-state index >= 15 is 0 Å². The summed E-state index contributed by atoms with van der Waals surface area (Å²) in [7, 11) is 0. The summed E-state index contributed by atoms with van der Waals surface area (Å²) in [6.45, 7) is 4.82. The van der Waals surface area contributed by atoms with E-state index in [1.165, 1.54) is 25.7 Å². The standard InChI is InChI=1S/C10H17Br/c1-7-3-8(2)5-10(4-7)6-9(10)11/h7-9H,3-6H2,1-2H3. The lowest BCUT2D eigenvalue weighted by molar-refractivity contribution is 0.203. The fraction of sp³-hybridized carbons (Fsp3) is 1.00. The number of hydrogen-bond acceptors (Lipinski definition) is 0. The van der Waals surface area contributed by atoms with Gasteiger partial charge in [-0.3, -0.25) is 0 Å². The maximum absolute atomic E-state index is 3.76. The summed E-state index contributed by atoms with van der Waals surface area (Å²) >= 11 is 3.76. The van der Waals surface area contributed by atoms with Crippen molar-refractivity contribution in [1.82, 2.24) is 0 Å². The first-order valence-corrected chi connectivity index (χ1v) is 5.68. The highest BCUT2D eigenvalue weighted by Gasteiger charge is 2.54. The predicted molar refractivity (Wildman–Crippen MR) is 51.9 cm³/mol. The summed E-state index contributed by atoms with van der Waals surface area (Å²) < 4.78 is 0. The fourth-order valence-corrected chi connectivity index (χ4v) is 4.06. The van der Waals surface area contributed by atoms with Crippen LogP contribution in [0.2, 0.25) is 0 Å². The van der Waals surface area contributed by atoms with Gasteiger partial charge in [0.25, 0.3) is 0 Å². The van der Waals surface area contributed by atoms with Crippen LogP contribution in [0.25, 0.3) is 0 Å². The van der Waals surface area contributed by atoms with Crippen LogP contribution in [0, 0.1) is 17.3 Å². The van der Waals surface area contributed by atoms with Gasteiger partial charge in [-0.05, 0) is 42.9 Å². The molecular weight excluding hydrogens is 200 g/mol. The molecule has 0 amide bonds. The highest BCUT2D eigenvalue weighted by atomic mass is 79.9. The Morgan fingerprint density at radius 2 is 1.55 bits per heavy atom. The Hall–Kier alpha value is 0.480. The van der Waals surface area contributed by atoms with Crippen molar-refractivity contribution in [3.8, 4) is 0 Å². The molecule has 2 fully saturated rings. The lowest BCUT2D eigenvalue weighted by atomic mass is 9.74. The number of hydrogen-bond donors (Lipinski definition) is 0. The van der Waals surface area contributed by atoms with Crippen LogP contribution in [0.4, 0.5) is 0 Å². The molecule has 2 saturated carbocycles. The van der Waals surface area contributed by atoms with E-state index < -0.39 is 0 Å². The van der Waals surface area contributed by atoms with E-state index in [0.717, 1.165) is 22.1 Å². The van der Waals surface area contributed by atoms with Gasteiger partial charge in [-0.1, -0.05) is 29.8 Å². The summed E-state index contributed by atoms with van der Waals surface area (Å²) in [5.74, 6) is 1.95. The lowest BCUT2D eigenvalue weighted by Gasteiger charge is -2.31. The van der Waals surface area contributed by atoms with Gasteiger partial charge in [0, 0.05) is 4.83 Å². The molecule has 0 aliphatic heterocycles. The largest absolute Gasteiger partial charge is 0.0884 e. The highest BCUT2D eigenvalue weighted by Crippen LogP contribution is 2.62. The average Bonchev–Trinajstić information content (AvgIpc) is 2.37. The molecule has 0 radical (unpaired) electrons. The average molecular weight is 217 g/mol.